The quantitative estimate of drug-likeness (QED) is 0.887. The Hall–Kier alpha value is -2.24. The predicted molar refractivity (Wildman–Crippen MR) is 78.7 cm³/mol. The zero-order valence-electron chi connectivity index (χ0n) is 12.5. The van der Waals surface area contributed by atoms with E-state index in [0.29, 0.717) is 29.3 Å². The first-order valence-corrected chi connectivity index (χ1v) is 7.50. The minimum atomic E-state index is -1.03. The van der Waals surface area contributed by atoms with E-state index in [2.05, 4.69) is 28.8 Å². The molecule has 2 aromatic heterocycles. The summed E-state index contributed by atoms with van der Waals surface area (Å²) < 4.78 is 0. The van der Waals surface area contributed by atoms with Crippen molar-refractivity contribution in [2.45, 2.75) is 38.5 Å². The summed E-state index contributed by atoms with van der Waals surface area (Å²) in [5.41, 5.74) is 0.106. The molecule has 2 saturated carbocycles. The maximum absolute atomic E-state index is 12.7. The number of rotatable bonds is 2. The van der Waals surface area contributed by atoms with Crippen molar-refractivity contribution < 1.29 is 14.7 Å². The third-order valence-electron chi connectivity index (χ3n) is 5.92. The molecule has 2 atom stereocenters. The Morgan fingerprint density at radius 3 is 2.82 bits per heavy atom. The molecule has 6 nitrogen and oxygen atoms in total. The molecule has 2 heterocycles. The molecule has 0 spiro atoms. The summed E-state index contributed by atoms with van der Waals surface area (Å²) in [7, 11) is 0. The molecule has 2 N–H and O–H groups in total. The average Bonchev–Trinajstić information content (AvgIpc) is 3.05. The third-order valence-corrected chi connectivity index (χ3v) is 5.92. The number of aromatic carboxylic acids is 1. The van der Waals surface area contributed by atoms with E-state index in [4.69, 9.17) is 0 Å². The second-order valence-corrected chi connectivity index (χ2v) is 6.94. The van der Waals surface area contributed by atoms with Crippen LogP contribution in [0.5, 0.6) is 0 Å². The number of aromatic amines is 1. The first-order chi connectivity index (χ1) is 10.4. The Labute approximate surface area is 127 Å². The molecule has 114 valence electrons. The number of nitrogens with one attached hydrogen (secondary N) is 1. The number of pyridine rings is 1. The minimum Gasteiger partial charge on any atom is -0.478 e. The van der Waals surface area contributed by atoms with E-state index in [1.807, 2.05) is 0 Å². The Morgan fingerprint density at radius 1 is 1.45 bits per heavy atom. The molecule has 4 rings (SSSR count). The second-order valence-electron chi connectivity index (χ2n) is 6.94. The van der Waals surface area contributed by atoms with E-state index in [1.165, 1.54) is 12.3 Å². The van der Waals surface area contributed by atoms with Crippen LogP contribution in [0.4, 0.5) is 0 Å². The van der Waals surface area contributed by atoms with Crippen LogP contribution in [0.15, 0.2) is 12.3 Å². The van der Waals surface area contributed by atoms with Crippen molar-refractivity contribution in [1.29, 1.82) is 0 Å². The molecular formula is C16H17N3O3. The molecule has 22 heavy (non-hydrogen) atoms. The lowest BCUT2D eigenvalue weighted by Gasteiger charge is -2.34. The first kappa shape index (κ1) is 13.4. The maximum atomic E-state index is 12.7. The van der Waals surface area contributed by atoms with E-state index < -0.39 is 11.4 Å². The van der Waals surface area contributed by atoms with E-state index in [9.17, 15) is 14.7 Å². The standard InChI is InChI=1S/C16H17N3O3/c1-15(2)8-3-5-16(15,10(20)7-8)14-18-11-9(13(21)22)4-6-17-12(11)19-14/h4,6,8H,3,5,7H2,1-2H3,(H,21,22)(H,17,18,19). The highest BCUT2D eigenvalue weighted by molar-refractivity contribution is 6.00. The largest absolute Gasteiger partial charge is 0.478 e. The number of hydrogen-bond donors (Lipinski definition) is 2. The third kappa shape index (κ3) is 1.35. The molecule has 2 aliphatic carbocycles. The number of carboxylic acid groups (broad SMARTS) is 1. The van der Waals surface area contributed by atoms with Gasteiger partial charge in [-0.3, -0.25) is 4.79 Å². The lowest BCUT2D eigenvalue weighted by molar-refractivity contribution is -0.124. The topological polar surface area (TPSA) is 95.9 Å². The van der Waals surface area contributed by atoms with Gasteiger partial charge in [0, 0.05) is 12.6 Å². The number of imidazole rings is 1. The second kappa shape index (κ2) is 3.94. The lowest BCUT2D eigenvalue weighted by Crippen LogP contribution is -2.41. The van der Waals surface area contributed by atoms with Gasteiger partial charge >= 0.3 is 5.97 Å². The smallest absolute Gasteiger partial charge is 0.338 e. The van der Waals surface area contributed by atoms with E-state index in [0.717, 1.165) is 12.8 Å². The van der Waals surface area contributed by atoms with E-state index >= 15 is 0 Å². The monoisotopic (exact) mass is 299 g/mol. The van der Waals surface area contributed by atoms with Crippen LogP contribution in [0.1, 0.15) is 49.3 Å². The van der Waals surface area contributed by atoms with Crippen molar-refractivity contribution >= 4 is 22.9 Å². The summed E-state index contributed by atoms with van der Waals surface area (Å²) >= 11 is 0. The summed E-state index contributed by atoms with van der Waals surface area (Å²) in [6, 6.07) is 1.45. The molecule has 0 aliphatic heterocycles. The fraction of sp³-hybridized carbons (Fsp3) is 0.500. The number of carbonyl (C=O) groups excluding carboxylic acids is 1. The van der Waals surface area contributed by atoms with Crippen molar-refractivity contribution in [3.05, 3.63) is 23.7 Å². The van der Waals surface area contributed by atoms with Crippen LogP contribution in [-0.4, -0.2) is 31.8 Å². The molecular weight excluding hydrogens is 282 g/mol. The van der Waals surface area contributed by atoms with Gasteiger partial charge in [-0.15, -0.1) is 0 Å². The molecule has 2 unspecified atom stereocenters. The maximum Gasteiger partial charge on any atom is 0.338 e. The Morgan fingerprint density at radius 2 is 2.23 bits per heavy atom. The molecule has 0 aromatic carbocycles. The number of carbonyl (C=O) groups is 2. The highest BCUT2D eigenvalue weighted by Crippen LogP contribution is 2.64. The molecule has 2 aliphatic rings. The lowest BCUT2D eigenvalue weighted by atomic mass is 9.68. The van der Waals surface area contributed by atoms with Gasteiger partial charge in [0.15, 0.2) is 5.65 Å². The fourth-order valence-corrected chi connectivity index (χ4v) is 4.52. The van der Waals surface area contributed by atoms with Gasteiger partial charge in [-0.05, 0) is 30.2 Å². The Bertz CT molecular complexity index is 823. The van der Waals surface area contributed by atoms with Crippen LogP contribution in [0, 0.1) is 11.3 Å². The summed E-state index contributed by atoms with van der Waals surface area (Å²) in [5.74, 6) is 0.143. The molecule has 0 amide bonds. The number of ketones is 1. The normalized spacial score (nSPS) is 29.4. The van der Waals surface area contributed by atoms with Gasteiger partial charge in [-0.1, -0.05) is 13.8 Å². The number of H-pyrrole nitrogens is 1. The van der Waals surface area contributed by atoms with Crippen LogP contribution in [0.25, 0.3) is 11.2 Å². The molecule has 2 aromatic rings. The van der Waals surface area contributed by atoms with Crippen LogP contribution in [0.2, 0.25) is 0 Å². The van der Waals surface area contributed by atoms with Gasteiger partial charge in [0.25, 0.3) is 0 Å². The summed E-state index contributed by atoms with van der Waals surface area (Å²) in [6.45, 7) is 4.24. The van der Waals surface area contributed by atoms with Crippen molar-refractivity contribution in [1.82, 2.24) is 15.0 Å². The Kier molecular flexibility index (Phi) is 2.40. The van der Waals surface area contributed by atoms with E-state index in [-0.39, 0.29) is 16.8 Å². The van der Waals surface area contributed by atoms with E-state index in [1.54, 1.807) is 0 Å². The highest BCUT2D eigenvalue weighted by Gasteiger charge is 2.66. The van der Waals surface area contributed by atoms with Crippen molar-refractivity contribution in [3.8, 4) is 0 Å². The SMILES string of the molecule is CC1(C)C2CCC1(c1nc3nccc(C(=O)O)c3[nH]1)C(=O)C2. The van der Waals surface area contributed by atoms with Crippen LogP contribution >= 0.6 is 0 Å². The average molecular weight is 299 g/mol. The Balaban J connectivity index is 1.97. The minimum absolute atomic E-state index is 0.137. The number of aromatic nitrogens is 3. The molecule has 0 saturated heterocycles. The van der Waals surface area contributed by atoms with Crippen LogP contribution in [0.3, 0.4) is 0 Å². The molecule has 6 heteroatoms. The van der Waals surface area contributed by atoms with Gasteiger partial charge in [-0.25, -0.2) is 14.8 Å². The van der Waals surface area contributed by atoms with Gasteiger partial charge in [0.05, 0.1) is 16.5 Å². The van der Waals surface area contributed by atoms with Crippen molar-refractivity contribution in [3.63, 3.8) is 0 Å². The number of hydrogen-bond acceptors (Lipinski definition) is 4. The van der Waals surface area contributed by atoms with Gasteiger partial charge in [0.1, 0.15) is 11.6 Å². The number of Topliss-reactive ketones (excluding diaryl/α,β-unsaturated/α-hetero) is 1. The summed E-state index contributed by atoms with van der Waals surface area (Å²) in [5, 5.41) is 9.30. The molecule has 2 bridgehead atoms. The van der Waals surface area contributed by atoms with Gasteiger partial charge in [-0.2, -0.15) is 0 Å². The zero-order chi connectivity index (χ0) is 15.7. The highest BCUT2D eigenvalue weighted by atomic mass is 16.4. The van der Waals surface area contributed by atoms with Crippen molar-refractivity contribution in [2.75, 3.05) is 0 Å². The fourth-order valence-electron chi connectivity index (χ4n) is 4.52. The van der Waals surface area contributed by atoms with Gasteiger partial charge in [0.2, 0.25) is 0 Å². The number of carboxylic acids is 1. The van der Waals surface area contributed by atoms with Gasteiger partial charge < -0.3 is 10.1 Å². The summed E-state index contributed by atoms with van der Waals surface area (Å²) in [4.78, 5) is 35.8. The first-order valence-electron chi connectivity index (χ1n) is 7.50. The molecule has 0 radical (unpaired) electrons. The van der Waals surface area contributed by atoms with Crippen LogP contribution in [-0.2, 0) is 10.2 Å². The van der Waals surface area contributed by atoms with Crippen molar-refractivity contribution in [2.24, 2.45) is 11.3 Å². The van der Waals surface area contributed by atoms with Crippen LogP contribution < -0.4 is 0 Å². The number of nitrogens with zero attached hydrogens (tertiary/aromatic N) is 2. The number of fused-ring (bicyclic) bond motifs is 3. The molecule has 2 fully saturated rings. The zero-order valence-corrected chi connectivity index (χ0v) is 12.5. The predicted octanol–water partition coefficient (Wildman–Crippen LogP) is 2.30. The summed E-state index contributed by atoms with van der Waals surface area (Å²) in [6.07, 6.45) is 3.80.